The molecule has 2 aliphatic rings. The van der Waals surface area contributed by atoms with E-state index in [0.717, 1.165) is 45.5 Å². The second-order valence-corrected chi connectivity index (χ2v) is 24.7. The molecule has 0 saturated heterocycles. The molecule has 15 aromatic carbocycles. The van der Waals surface area contributed by atoms with Crippen molar-refractivity contribution in [2.75, 3.05) is 9.80 Å². The van der Waals surface area contributed by atoms with Crippen LogP contribution in [0.1, 0.15) is 22.3 Å². The first-order valence-electron chi connectivity index (χ1n) is 31.8. The molecule has 0 amide bonds. The summed E-state index contributed by atoms with van der Waals surface area (Å²) < 4.78 is 7.47. The van der Waals surface area contributed by atoms with Crippen LogP contribution in [0.4, 0.5) is 34.1 Å². The molecular formula is C87H55N5. The molecule has 92 heavy (non-hydrogen) atoms. The molecule has 1 spiro atoms. The predicted octanol–water partition coefficient (Wildman–Crippen LogP) is 22.9. The molecule has 0 bridgehead atoms. The highest BCUT2D eigenvalue weighted by atomic mass is 15.2. The summed E-state index contributed by atoms with van der Waals surface area (Å²) in [6.07, 6.45) is 0. The first kappa shape index (κ1) is 50.8. The minimum absolute atomic E-state index is 0.799. The molecule has 18 aromatic rings. The van der Waals surface area contributed by atoms with Gasteiger partial charge in [-0.3, -0.25) is 0 Å². The van der Waals surface area contributed by atoms with Crippen molar-refractivity contribution >= 4 is 121 Å². The van der Waals surface area contributed by atoms with Crippen molar-refractivity contribution in [3.05, 3.63) is 356 Å². The van der Waals surface area contributed by atoms with Gasteiger partial charge in [-0.15, -0.1) is 0 Å². The number of rotatable bonds is 8. The summed E-state index contributed by atoms with van der Waals surface area (Å²) in [5, 5.41) is 12.0. The maximum atomic E-state index is 2.56. The number of aromatic nitrogens is 3. The molecule has 20 rings (SSSR count). The van der Waals surface area contributed by atoms with Crippen LogP contribution >= 0.6 is 0 Å². The molecule has 3 aromatic heterocycles. The smallest absolute Gasteiger partial charge is 0.0756 e. The molecule has 0 unspecified atom stereocenters. The van der Waals surface area contributed by atoms with Crippen LogP contribution in [0.15, 0.2) is 334 Å². The minimum atomic E-state index is -0.799. The third-order valence-electron chi connectivity index (χ3n) is 20.1. The van der Waals surface area contributed by atoms with Gasteiger partial charge in [0.05, 0.1) is 55.6 Å². The van der Waals surface area contributed by atoms with Gasteiger partial charge in [0.1, 0.15) is 0 Å². The fourth-order valence-electron chi connectivity index (χ4n) is 16.5. The topological polar surface area (TPSA) is 21.3 Å². The molecule has 0 N–H and O–H groups in total. The average molecular weight is 1170 g/mol. The van der Waals surface area contributed by atoms with Crippen LogP contribution in [0.2, 0.25) is 0 Å². The summed E-state index contributed by atoms with van der Waals surface area (Å²) >= 11 is 0. The molecule has 5 heteroatoms. The van der Waals surface area contributed by atoms with E-state index in [9.17, 15) is 0 Å². The van der Waals surface area contributed by atoms with Gasteiger partial charge >= 0.3 is 0 Å². The van der Waals surface area contributed by atoms with Crippen molar-refractivity contribution in [1.82, 2.24) is 13.7 Å². The van der Waals surface area contributed by atoms with Crippen LogP contribution in [0, 0.1) is 0 Å². The maximum Gasteiger partial charge on any atom is 0.0756 e. The van der Waals surface area contributed by atoms with Crippen LogP contribution < -0.4 is 9.80 Å². The predicted molar refractivity (Wildman–Crippen MR) is 385 cm³/mol. The standard InChI is InChI=1S/C87H55N5/c1-5-26-56(27-6-1)88(82-54-72-67-37-18-21-44-78(67)90(58-30-9-3-10-31-58)84(72)69-39-15-13-35-65(69)82)60-48-50-62-63-51-49-61(53-77(63)87(76(62)52-60)74-42-20-24-47-81(74)92-80-46-23-17-34-64(80)71-41-25-43-75(87)86(71)92)89(57-28-7-2-8-29-57)83-55-73-68-38-19-22-45-79(68)91(59-32-11-4-12-33-59)85(73)70-40-16-14-36-66(70)83/h1-55H. The Labute approximate surface area is 531 Å². The molecular weight excluding hydrogens is 1110 g/mol. The van der Waals surface area contributed by atoms with E-state index < -0.39 is 5.41 Å². The van der Waals surface area contributed by atoms with Crippen LogP contribution in [-0.4, -0.2) is 13.7 Å². The number of benzene rings is 15. The van der Waals surface area contributed by atoms with Gasteiger partial charge in [0.25, 0.3) is 0 Å². The van der Waals surface area contributed by atoms with Gasteiger partial charge in [0, 0.05) is 88.0 Å². The summed E-state index contributed by atoms with van der Waals surface area (Å²) in [4.78, 5) is 5.05. The second kappa shape index (κ2) is 19.4. The Kier molecular flexibility index (Phi) is 10.7. The van der Waals surface area contributed by atoms with E-state index in [2.05, 4.69) is 357 Å². The highest BCUT2D eigenvalue weighted by Crippen LogP contribution is 2.63. The zero-order valence-corrected chi connectivity index (χ0v) is 50.0. The van der Waals surface area contributed by atoms with Crippen LogP contribution in [0.5, 0.6) is 0 Å². The van der Waals surface area contributed by atoms with E-state index in [0.29, 0.717) is 0 Å². The van der Waals surface area contributed by atoms with E-state index >= 15 is 0 Å². The van der Waals surface area contributed by atoms with Crippen molar-refractivity contribution < 1.29 is 0 Å². The maximum absolute atomic E-state index is 2.56. The number of fused-ring (bicyclic) bond motifs is 22. The first-order valence-corrected chi connectivity index (χ1v) is 31.8. The summed E-state index contributed by atoms with van der Waals surface area (Å²) in [6, 6.07) is 125. The third-order valence-corrected chi connectivity index (χ3v) is 20.1. The lowest BCUT2D eigenvalue weighted by Gasteiger charge is -2.40. The van der Waals surface area contributed by atoms with Gasteiger partial charge in [-0.2, -0.15) is 0 Å². The zero-order chi connectivity index (χ0) is 60.2. The van der Waals surface area contributed by atoms with E-state index in [1.807, 2.05) is 0 Å². The summed E-state index contributed by atoms with van der Waals surface area (Å²) in [7, 11) is 0. The average Bonchev–Trinajstić information content (AvgIpc) is 1.47. The molecule has 0 radical (unpaired) electrons. The van der Waals surface area contributed by atoms with E-state index in [1.54, 1.807) is 0 Å². The quantitative estimate of drug-likeness (QED) is 0.151. The van der Waals surface area contributed by atoms with Crippen molar-refractivity contribution in [3.63, 3.8) is 0 Å². The lowest BCUT2D eigenvalue weighted by Crippen LogP contribution is -2.33. The first-order chi connectivity index (χ1) is 45.7. The Morgan fingerprint density at radius 3 is 1.07 bits per heavy atom. The summed E-state index contributed by atoms with van der Waals surface area (Å²) in [6.45, 7) is 0. The fourth-order valence-corrected chi connectivity index (χ4v) is 16.5. The lowest BCUT2D eigenvalue weighted by atomic mass is 9.65. The minimum Gasteiger partial charge on any atom is -0.310 e. The zero-order valence-electron chi connectivity index (χ0n) is 50.0. The van der Waals surface area contributed by atoms with E-state index in [-0.39, 0.29) is 0 Å². The second-order valence-electron chi connectivity index (χ2n) is 24.7. The van der Waals surface area contributed by atoms with Gasteiger partial charge in [-0.25, -0.2) is 0 Å². The Morgan fingerprint density at radius 1 is 0.217 bits per heavy atom. The van der Waals surface area contributed by atoms with Crippen LogP contribution in [0.25, 0.3) is 115 Å². The van der Waals surface area contributed by atoms with E-state index in [1.165, 1.54) is 126 Å². The highest BCUT2D eigenvalue weighted by molar-refractivity contribution is 6.24. The number of nitrogens with zero attached hydrogens (tertiary/aromatic N) is 5. The monoisotopic (exact) mass is 1170 g/mol. The molecule has 5 nitrogen and oxygen atoms in total. The van der Waals surface area contributed by atoms with E-state index in [4.69, 9.17) is 0 Å². The fraction of sp³-hybridized carbons (Fsp3) is 0.0115. The molecule has 1 aliphatic carbocycles. The number of para-hydroxylation sites is 9. The SMILES string of the molecule is c1ccc(N(c2ccc3c(c2)C2(c4cc(N(c5ccccc5)c5cc6c7ccccc7n(-c7ccccc7)c6c6ccccc56)ccc4-3)c3ccccc3-n3c4ccccc4c4cccc2c43)c2cc3c4ccccc4n(-c4ccccc4)c3c3ccccc23)cc1. The third kappa shape index (κ3) is 6.91. The summed E-state index contributed by atoms with van der Waals surface area (Å²) in [5.41, 5.74) is 23.8. The van der Waals surface area contributed by atoms with Crippen molar-refractivity contribution in [2.24, 2.45) is 0 Å². The highest BCUT2D eigenvalue weighted by Gasteiger charge is 2.51. The molecule has 0 atom stereocenters. The lowest BCUT2D eigenvalue weighted by molar-refractivity contribution is 0.748. The molecule has 0 saturated carbocycles. The van der Waals surface area contributed by atoms with Gasteiger partial charge < -0.3 is 23.5 Å². The Bertz CT molecular complexity index is 5790. The Morgan fingerprint density at radius 2 is 0.576 bits per heavy atom. The molecule has 1 aliphatic heterocycles. The summed E-state index contributed by atoms with van der Waals surface area (Å²) in [5.74, 6) is 0. The van der Waals surface area contributed by atoms with Crippen LogP contribution in [0.3, 0.4) is 0 Å². The molecule has 428 valence electrons. The Balaban J connectivity index is 0.879. The Hall–Kier alpha value is -12.2. The van der Waals surface area contributed by atoms with Crippen molar-refractivity contribution in [1.29, 1.82) is 0 Å². The van der Waals surface area contributed by atoms with Crippen molar-refractivity contribution in [2.45, 2.75) is 5.41 Å². The largest absolute Gasteiger partial charge is 0.310 e. The number of hydrogen-bond acceptors (Lipinski definition) is 2. The normalized spacial score (nSPS) is 12.9. The van der Waals surface area contributed by atoms with Gasteiger partial charge in [-0.1, -0.05) is 224 Å². The molecule has 4 heterocycles. The van der Waals surface area contributed by atoms with Crippen LogP contribution in [-0.2, 0) is 5.41 Å². The van der Waals surface area contributed by atoms with Gasteiger partial charge in [-0.05, 0) is 143 Å². The van der Waals surface area contributed by atoms with Gasteiger partial charge in [0.2, 0.25) is 0 Å². The number of hydrogen-bond donors (Lipinski definition) is 0. The molecule has 0 fully saturated rings. The van der Waals surface area contributed by atoms with Crippen molar-refractivity contribution in [3.8, 4) is 28.2 Å². The number of anilines is 6. The van der Waals surface area contributed by atoms with Gasteiger partial charge in [0.15, 0.2) is 0 Å².